The van der Waals surface area contributed by atoms with Gasteiger partial charge in [-0.25, -0.2) is 15.0 Å². The minimum Gasteiger partial charge on any atom is -0.390 e. The highest BCUT2D eigenvalue weighted by Crippen LogP contribution is 2.37. The zero-order valence-corrected chi connectivity index (χ0v) is 22.5. The van der Waals surface area contributed by atoms with Crippen LogP contribution < -0.4 is 5.32 Å². The molecule has 6 rings (SSSR count). The molecule has 2 aliphatic carbocycles. The lowest BCUT2D eigenvalue weighted by Gasteiger charge is -2.45. The average molecular weight is 578 g/mol. The van der Waals surface area contributed by atoms with Crippen LogP contribution in [0.5, 0.6) is 0 Å². The number of carbonyl (C=O) groups excluding carboxylic acids is 1. The van der Waals surface area contributed by atoms with E-state index in [1.54, 1.807) is 17.3 Å². The molecule has 3 fully saturated rings. The molecule has 1 amide bonds. The summed E-state index contributed by atoms with van der Waals surface area (Å²) in [5.74, 6) is 0.141. The molecule has 1 aliphatic heterocycles. The van der Waals surface area contributed by atoms with Gasteiger partial charge in [-0.2, -0.15) is 13.2 Å². The number of ether oxygens (including phenoxy) is 2. The third-order valence-corrected chi connectivity index (χ3v) is 8.90. The first kappa shape index (κ1) is 27.5. The average Bonchev–Trinajstić information content (AvgIpc) is 3.51. The van der Waals surface area contributed by atoms with Gasteiger partial charge in [0, 0.05) is 43.0 Å². The summed E-state index contributed by atoms with van der Waals surface area (Å²) in [5.41, 5.74) is 2.50. The van der Waals surface area contributed by atoms with E-state index in [2.05, 4.69) is 20.3 Å². The van der Waals surface area contributed by atoms with Crippen LogP contribution in [0.2, 0.25) is 0 Å². The first-order valence-corrected chi connectivity index (χ1v) is 14.3. The summed E-state index contributed by atoms with van der Waals surface area (Å²) in [6.45, 7) is 0.551. The molecule has 3 heterocycles. The summed E-state index contributed by atoms with van der Waals surface area (Å²) in [5, 5.41) is 13.3. The summed E-state index contributed by atoms with van der Waals surface area (Å²) in [4.78, 5) is 27.9. The van der Waals surface area contributed by atoms with Crippen molar-refractivity contribution in [3.8, 4) is 11.1 Å². The van der Waals surface area contributed by atoms with Gasteiger partial charge in [0.2, 0.25) is 5.91 Å². The molecular weight excluding hydrogens is 547 g/mol. The first-order chi connectivity index (χ1) is 19.2. The second-order valence-corrected chi connectivity index (χ2v) is 11.7. The number of nitrogens with one attached hydrogen (secondary N) is 1. The number of amides is 1. The third kappa shape index (κ3) is 5.98. The Balaban J connectivity index is 1.03. The van der Waals surface area contributed by atoms with E-state index in [9.17, 15) is 23.1 Å². The van der Waals surface area contributed by atoms with E-state index in [1.807, 2.05) is 18.2 Å². The number of nitrogens with zero attached hydrogens (tertiary/aromatic N) is 4. The van der Waals surface area contributed by atoms with E-state index in [4.69, 9.17) is 9.47 Å². The Bertz CT molecular complexity index is 1350. The van der Waals surface area contributed by atoms with Crippen molar-refractivity contribution >= 4 is 32.6 Å². The molecule has 0 bridgehead atoms. The van der Waals surface area contributed by atoms with Crippen molar-refractivity contribution in [2.24, 2.45) is 5.92 Å². The van der Waals surface area contributed by atoms with Gasteiger partial charge in [-0.3, -0.25) is 9.69 Å². The zero-order valence-electron chi connectivity index (χ0n) is 21.6. The number of morpholine rings is 1. The van der Waals surface area contributed by atoms with Gasteiger partial charge in [0.1, 0.15) is 6.61 Å². The van der Waals surface area contributed by atoms with E-state index in [0.29, 0.717) is 30.3 Å². The SMILES string of the molecule is O=C(Nc1nc2ccc(-c3cnc(CO[C@H]4CCC[C@@H]4O)nc3)cc2s1)C1CC(N2CCOC(C(F)(F)F)C2)C1. The maximum Gasteiger partial charge on any atom is 0.415 e. The fourth-order valence-electron chi connectivity index (χ4n) is 5.52. The summed E-state index contributed by atoms with van der Waals surface area (Å²) < 4.78 is 50.6. The lowest BCUT2D eigenvalue weighted by Crippen LogP contribution is -2.56. The van der Waals surface area contributed by atoms with Crippen LogP contribution in [0.4, 0.5) is 18.3 Å². The second-order valence-electron chi connectivity index (χ2n) is 10.6. The number of aliphatic hydroxyl groups is 1. The molecule has 1 unspecified atom stereocenters. The van der Waals surface area contributed by atoms with E-state index < -0.39 is 18.4 Å². The number of anilines is 1. The number of carbonyl (C=O) groups is 1. The Morgan fingerprint density at radius 2 is 2.00 bits per heavy atom. The van der Waals surface area contributed by atoms with Crippen LogP contribution >= 0.6 is 11.3 Å². The molecule has 40 heavy (non-hydrogen) atoms. The maximum atomic E-state index is 13.0. The van der Waals surface area contributed by atoms with Crippen molar-refractivity contribution in [3.63, 3.8) is 0 Å². The van der Waals surface area contributed by atoms with Gasteiger partial charge in [0.05, 0.1) is 29.0 Å². The number of thiazole rings is 1. The molecule has 1 saturated heterocycles. The van der Waals surface area contributed by atoms with Crippen molar-refractivity contribution in [3.05, 3.63) is 36.4 Å². The molecular formula is C27H30F3N5O4S. The van der Waals surface area contributed by atoms with Crippen LogP contribution in [0.3, 0.4) is 0 Å². The van der Waals surface area contributed by atoms with Crippen molar-refractivity contribution in [1.29, 1.82) is 0 Å². The Kier molecular flexibility index (Phi) is 7.75. The molecule has 0 spiro atoms. The smallest absolute Gasteiger partial charge is 0.390 e. The predicted octanol–water partition coefficient (Wildman–Crippen LogP) is 4.16. The van der Waals surface area contributed by atoms with Crippen LogP contribution in [0.15, 0.2) is 30.6 Å². The molecule has 1 aromatic carbocycles. The number of aliphatic hydroxyl groups excluding tert-OH is 1. The van der Waals surface area contributed by atoms with Crippen molar-refractivity contribution in [2.75, 3.05) is 25.0 Å². The van der Waals surface area contributed by atoms with Crippen LogP contribution in [-0.2, 0) is 20.9 Å². The van der Waals surface area contributed by atoms with Gasteiger partial charge in [0.15, 0.2) is 17.1 Å². The van der Waals surface area contributed by atoms with Crippen LogP contribution in [-0.4, -0.2) is 81.1 Å². The molecule has 3 aliphatic rings. The number of alkyl halides is 3. The highest BCUT2D eigenvalue weighted by atomic mass is 32.1. The number of halogens is 3. The molecule has 2 N–H and O–H groups in total. The van der Waals surface area contributed by atoms with Gasteiger partial charge >= 0.3 is 6.18 Å². The van der Waals surface area contributed by atoms with Crippen LogP contribution in [0, 0.1) is 5.92 Å². The predicted molar refractivity (Wildman–Crippen MR) is 142 cm³/mol. The van der Waals surface area contributed by atoms with E-state index in [0.717, 1.165) is 40.6 Å². The Hall–Kier alpha value is -2.71. The summed E-state index contributed by atoms with van der Waals surface area (Å²) in [7, 11) is 0. The van der Waals surface area contributed by atoms with Gasteiger partial charge in [0.25, 0.3) is 0 Å². The molecule has 13 heteroatoms. The van der Waals surface area contributed by atoms with Crippen LogP contribution in [0.1, 0.15) is 37.9 Å². The van der Waals surface area contributed by atoms with Crippen molar-refractivity contribution in [2.45, 2.75) is 69.2 Å². The molecule has 3 aromatic rings. The monoisotopic (exact) mass is 577 g/mol. The van der Waals surface area contributed by atoms with Gasteiger partial charge in [-0.05, 0) is 49.8 Å². The molecule has 0 radical (unpaired) electrons. The normalized spacial score (nSPS) is 27.6. The highest BCUT2D eigenvalue weighted by molar-refractivity contribution is 7.22. The quantitative estimate of drug-likeness (QED) is 0.431. The third-order valence-electron chi connectivity index (χ3n) is 7.96. The summed E-state index contributed by atoms with van der Waals surface area (Å²) in [6, 6.07) is 5.73. The van der Waals surface area contributed by atoms with Crippen LogP contribution in [0.25, 0.3) is 21.3 Å². The molecule has 3 atom stereocenters. The fourth-order valence-corrected chi connectivity index (χ4v) is 6.43. The van der Waals surface area contributed by atoms with Gasteiger partial charge in [-0.15, -0.1) is 0 Å². The minimum atomic E-state index is -4.38. The Morgan fingerprint density at radius 3 is 2.73 bits per heavy atom. The fraction of sp³-hybridized carbons (Fsp3) is 0.556. The molecule has 2 saturated carbocycles. The number of fused-ring (bicyclic) bond motifs is 1. The van der Waals surface area contributed by atoms with Crippen molar-refractivity contribution < 1.29 is 32.5 Å². The lowest BCUT2D eigenvalue weighted by molar-refractivity contribution is -0.241. The number of aromatic nitrogens is 3. The number of hydrogen-bond acceptors (Lipinski definition) is 9. The molecule has 214 valence electrons. The van der Waals surface area contributed by atoms with Gasteiger partial charge < -0.3 is 19.9 Å². The van der Waals surface area contributed by atoms with E-state index in [-0.39, 0.29) is 43.7 Å². The molecule has 2 aromatic heterocycles. The second kappa shape index (κ2) is 11.3. The summed E-state index contributed by atoms with van der Waals surface area (Å²) in [6.07, 6.45) is 0.361. The zero-order chi connectivity index (χ0) is 27.9. The Labute approximate surface area is 232 Å². The first-order valence-electron chi connectivity index (χ1n) is 13.5. The number of rotatable bonds is 7. The summed E-state index contributed by atoms with van der Waals surface area (Å²) >= 11 is 1.36. The van der Waals surface area contributed by atoms with Crippen molar-refractivity contribution in [1.82, 2.24) is 19.9 Å². The largest absolute Gasteiger partial charge is 0.415 e. The number of benzene rings is 1. The van der Waals surface area contributed by atoms with E-state index in [1.165, 1.54) is 11.3 Å². The van der Waals surface area contributed by atoms with E-state index >= 15 is 0 Å². The molecule has 9 nitrogen and oxygen atoms in total. The maximum absolute atomic E-state index is 13.0. The minimum absolute atomic E-state index is 0.0430. The lowest BCUT2D eigenvalue weighted by atomic mass is 9.78. The Morgan fingerprint density at radius 1 is 1.20 bits per heavy atom. The highest BCUT2D eigenvalue weighted by Gasteiger charge is 2.47. The van der Waals surface area contributed by atoms with Gasteiger partial charge in [-0.1, -0.05) is 17.4 Å². The standard InChI is InChI=1S/C27H30F3N5O4S/c28-27(29,30)23-13-35(6-7-38-23)18-8-16(9-18)25(37)34-26-33-19-5-4-15(10-22(19)40-26)17-11-31-24(32-12-17)14-39-21-3-1-2-20(21)36/h4-5,10-12,16,18,20-21,23,36H,1-3,6-9,13-14H2,(H,33,34,37)/t16?,18?,20-,21-,23?/m0/s1. The number of hydrogen-bond donors (Lipinski definition) is 2. The topological polar surface area (TPSA) is 110 Å².